The van der Waals surface area contributed by atoms with Gasteiger partial charge in [0.05, 0.1) is 18.3 Å². The Morgan fingerprint density at radius 3 is 2.61 bits per heavy atom. The summed E-state index contributed by atoms with van der Waals surface area (Å²) in [6.07, 6.45) is -1.55. The van der Waals surface area contributed by atoms with Crippen molar-refractivity contribution < 1.29 is 19.4 Å². The Kier molecular flexibility index (Phi) is 3.14. The molecule has 0 aliphatic heterocycles. The third-order valence-corrected chi connectivity index (χ3v) is 3.15. The lowest BCUT2D eigenvalue weighted by molar-refractivity contribution is -0.114. The third kappa shape index (κ3) is 1.89. The van der Waals surface area contributed by atoms with E-state index in [2.05, 4.69) is 0 Å². The van der Waals surface area contributed by atoms with Gasteiger partial charge in [-0.2, -0.15) is 4.39 Å². The van der Waals surface area contributed by atoms with Crippen molar-refractivity contribution in [2.24, 2.45) is 5.92 Å². The van der Waals surface area contributed by atoms with Gasteiger partial charge < -0.3 is 15.0 Å². The molecule has 0 amide bonds. The maximum Gasteiger partial charge on any atom is 0.328 e. The summed E-state index contributed by atoms with van der Waals surface area (Å²) in [5.41, 5.74) is -2.06. The highest BCUT2D eigenvalue weighted by Crippen LogP contribution is 2.33. The number of carbonyl (C=O) groups is 1. The van der Waals surface area contributed by atoms with Crippen LogP contribution in [0.15, 0.2) is 15.8 Å². The van der Waals surface area contributed by atoms with Crippen molar-refractivity contribution in [3.8, 4) is 0 Å². The smallest absolute Gasteiger partial charge is 0.328 e. The number of nitrogens with zero attached hydrogens (tertiary/aromatic N) is 1. The van der Waals surface area contributed by atoms with Crippen molar-refractivity contribution in [3.05, 3.63) is 32.9 Å². The fourth-order valence-electron chi connectivity index (χ4n) is 2.16. The third-order valence-electron chi connectivity index (χ3n) is 3.15. The van der Waals surface area contributed by atoms with E-state index in [1.54, 1.807) is 4.98 Å². The number of halogens is 1. The molecule has 0 radical (unpaired) electrons. The number of aromatic amines is 1. The van der Waals surface area contributed by atoms with Gasteiger partial charge in [0.15, 0.2) is 0 Å². The lowest BCUT2D eigenvalue weighted by Gasteiger charge is -2.18. The number of hydrogen-bond donors (Lipinski definition) is 3. The standard InChI is InChI=1S/C10H11FN2O5/c11-5-2-13(10(18)12-9(5)17)6-1-4(3-14)7(15)8(6)16/h2-4,6-8,15-16H,1H2,(H,12,17,18)/t4-,6-,7?,8?/m1/s1. The van der Waals surface area contributed by atoms with E-state index in [9.17, 15) is 29.0 Å². The number of hydrogen-bond acceptors (Lipinski definition) is 5. The SMILES string of the molecule is O=C[C@H]1C[C@@H](n2cc(F)c(=O)[nH]c2=O)C(O)C1O. The molecule has 1 heterocycles. The number of carbonyl (C=O) groups excluding carboxylic acids is 1. The molecule has 1 aromatic heterocycles. The molecule has 2 rings (SSSR count). The second kappa shape index (κ2) is 4.46. The Morgan fingerprint density at radius 1 is 1.39 bits per heavy atom. The summed E-state index contributed by atoms with van der Waals surface area (Å²) in [7, 11) is 0. The van der Waals surface area contributed by atoms with Crippen LogP contribution in [0.3, 0.4) is 0 Å². The average Bonchev–Trinajstić information content (AvgIpc) is 2.61. The van der Waals surface area contributed by atoms with Crippen LogP contribution in [0, 0.1) is 11.7 Å². The highest BCUT2D eigenvalue weighted by Gasteiger charge is 2.42. The Balaban J connectivity index is 2.45. The summed E-state index contributed by atoms with van der Waals surface area (Å²) in [5, 5.41) is 19.3. The quantitative estimate of drug-likeness (QED) is 0.539. The van der Waals surface area contributed by atoms with E-state index in [1.807, 2.05) is 0 Å². The molecule has 1 fully saturated rings. The van der Waals surface area contributed by atoms with Gasteiger partial charge in [-0.1, -0.05) is 0 Å². The largest absolute Gasteiger partial charge is 0.390 e. The average molecular weight is 258 g/mol. The first-order chi connectivity index (χ1) is 8.45. The minimum absolute atomic E-state index is 0.00275. The molecule has 2 unspecified atom stereocenters. The van der Waals surface area contributed by atoms with Gasteiger partial charge in [-0.25, -0.2) is 4.79 Å². The summed E-state index contributed by atoms with van der Waals surface area (Å²) in [5.74, 6) is -2.00. The molecule has 7 nitrogen and oxygen atoms in total. The zero-order valence-electron chi connectivity index (χ0n) is 9.12. The van der Waals surface area contributed by atoms with Gasteiger partial charge in [0, 0.05) is 5.92 Å². The van der Waals surface area contributed by atoms with Crippen molar-refractivity contribution in [2.45, 2.75) is 24.7 Å². The van der Waals surface area contributed by atoms with Gasteiger partial charge in [-0.15, -0.1) is 0 Å². The molecule has 8 heteroatoms. The van der Waals surface area contributed by atoms with Gasteiger partial charge in [0.2, 0.25) is 5.82 Å². The van der Waals surface area contributed by atoms with Crippen LogP contribution in [0.4, 0.5) is 4.39 Å². The first-order valence-electron chi connectivity index (χ1n) is 5.28. The molecule has 4 atom stereocenters. The Morgan fingerprint density at radius 2 is 2.06 bits per heavy atom. The zero-order valence-corrected chi connectivity index (χ0v) is 9.12. The van der Waals surface area contributed by atoms with E-state index in [0.29, 0.717) is 12.5 Å². The van der Waals surface area contributed by atoms with Gasteiger partial charge >= 0.3 is 5.69 Å². The Labute approximate surface area is 99.5 Å². The Hall–Kier alpha value is -1.80. The second-order valence-corrected chi connectivity index (χ2v) is 4.23. The number of aliphatic hydroxyl groups excluding tert-OH is 2. The summed E-state index contributed by atoms with van der Waals surface area (Å²) < 4.78 is 13.9. The van der Waals surface area contributed by atoms with Gasteiger partial charge in [-0.05, 0) is 6.42 Å². The van der Waals surface area contributed by atoms with Crippen molar-refractivity contribution >= 4 is 6.29 Å². The minimum Gasteiger partial charge on any atom is -0.390 e. The predicted octanol–water partition coefficient (Wildman–Crippen LogP) is -1.84. The molecule has 1 saturated carbocycles. The first-order valence-corrected chi connectivity index (χ1v) is 5.28. The molecule has 0 spiro atoms. The van der Waals surface area contributed by atoms with Crippen LogP contribution in [0.25, 0.3) is 0 Å². The van der Waals surface area contributed by atoms with E-state index in [4.69, 9.17) is 0 Å². The fourth-order valence-corrected chi connectivity index (χ4v) is 2.16. The van der Waals surface area contributed by atoms with Gasteiger partial charge in [-0.3, -0.25) is 14.3 Å². The van der Waals surface area contributed by atoms with Crippen molar-refractivity contribution in [2.75, 3.05) is 0 Å². The second-order valence-electron chi connectivity index (χ2n) is 4.23. The van der Waals surface area contributed by atoms with Crippen LogP contribution in [0.2, 0.25) is 0 Å². The van der Waals surface area contributed by atoms with Crippen molar-refractivity contribution in [3.63, 3.8) is 0 Å². The Bertz CT molecular complexity index is 580. The van der Waals surface area contributed by atoms with E-state index in [1.165, 1.54) is 0 Å². The highest BCUT2D eigenvalue weighted by atomic mass is 19.1. The number of rotatable bonds is 2. The van der Waals surface area contributed by atoms with E-state index in [-0.39, 0.29) is 6.42 Å². The van der Waals surface area contributed by atoms with Crippen LogP contribution in [-0.2, 0) is 4.79 Å². The predicted molar refractivity (Wildman–Crippen MR) is 56.5 cm³/mol. The molecule has 1 aliphatic rings. The van der Waals surface area contributed by atoms with Gasteiger partial charge in [0.25, 0.3) is 5.56 Å². The summed E-state index contributed by atoms with van der Waals surface area (Å²) >= 11 is 0. The lowest BCUT2D eigenvalue weighted by Crippen LogP contribution is -2.38. The normalized spacial score (nSPS) is 31.5. The van der Waals surface area contributed by atoms with Crippen LogP contribution in [0.1, 0.15) is 12.5 Å². The fraction of sp³-hybridized carbons (Fsp3) is 0.500. The molecule has 18 heavy (non-hydrogen) atoms. The lowest BCUT2D eigenvalue weighted by atomic mass is 10.1. The van der Waals surface area contributed by atoms with Crippen LogP contribution < -0.4 is 11.2 Å². The van der Waals surface area contributed by atoms with E-state index >= 15 is 0 Å². The number of aromatic nitrogens is 2. The number of aldehydes is 1. The summed E-state index contributed by atoms with van der Waals surface area (Å²) in [4.78, 5) is 34.8. The molecular formula is C10H11FN2O5. The van der Waals surface area contributed by atoms with Crippen LogP contribution in [-0.4, -0.2) is 38.3 Å². The molecular weight excluding hydrogens is 247 g/mol. The van der Waals surface area contributed by atoms with Crippen LogP contribution in [0.5, 0.6) is 0 Å². The number of aliphatic hydroxyl groups is 2. The maximum absolute atomic E-state index is 13.1. The summed E-state index contributed by atoms with van der Waals surface area (Å²) in [6, 6.07) is -0.950. The van der Waals surface area contributed by atoms with Crippen molar-refractivity contribution in [1.82, 2.24) is 9.55 Å². The topological polar surface area (TPSA) is 112 Å². The van der Waals surface area contributed by atoms with Crippen LogP contribution >= 0.6 is 0 Å². The highest BCUT2D eigenvalue weighted by molar-refractivity contribution is 5.55. The molecule has 1 aliphatic carbocycles. The maximum atomic E-state index is 13.1. The van der Waals surface area contributed by atoms with E-state index < -0.39 is 41.2 Å². The number of H-pyrrole nitrogens is 1. The summed E-state index contributed by atoms with van der Waals surface area (Å²) in [6.45, 7) is 0. The molecule has 98 valence electrons. The zero-order chi connectivity index (χ0) is 13.4. The minimum atomic E-state index is -1.37. The first kappa shape index (κ1) is 12.7. The monoisotopic (exact) mass is 258 g/mol. The molecule has 0 aromatic carbocycles. The molecule has 0 saturated heterocycles. The molecule has 3 N–H and O–H groups in total. The molecule has 1 aromatic rings. The molecule has 0 bridgehead atoms. The van der Waals surface area contributed by atoms with E-state index in [0.717, 1.165) is 4.57 Å². The van der Waals surface area contributed by atoms with Crippen molar-refractivity contribution in [1.29, 1.82) is 0 Å². The number of nitrogens with one attached hydrogen (secondary N) is 1. The van der Waals surface area contributed by atoms with Gasteiger partial charge in [0.1, 0.15) is 12.4 Å².